The quantitative estimate of drug-likeness (QED) is 0.937. The molecule has 3 rings (SSSR count). The van der Waals surface area contributed by atoms with Crippen LogP contribution in [0.1, 0.15) is 35.7 Å². The molecule has 0 aliphatic carbocycles. The molecule has 0 bridgehead atoms. The van der Waals surface area contributed by atoms with Crippen molar-refractivity contribution >= 4 is 6.03 Å². The van der Waals surface area contributed by atoms with Crippen molar-refractivity contribution in [1.82, 2.24) is 24.8 Å². The van der Waals surface area contributed by atoms with Crippen LogP contribution in [0.25, 0.3) is 0 Å². The molecule has 1 aliphatic rings. The molecule has 6 heteroatoms. The van der Waals surface area contributed by atoms with Crippen molar-refractivity contribution in [1.29, 1.82) is 0 Å². The van der Waals surface area contributed by atoms with E-state index < -0.39 is 0 Å². The Morgan fingerprint density at radius 3 is 2.83 bits per heavy atom. The van der Waals surface area contributed by atoms with Crippen molar-refractivity contribution < 1.29 is 4.79 Å². The molecule has 3 heterocycles. The van der Waals surface area contributed by atoms with Crippen molar-refractivity contribution in [2.45, 2.75) is 32.1 Å². The smallest absolute Gasteiger partial charge is 0.317 e. The number of nitrogens with one attached hydrogen (secondary N) is 1. The van der Waals surface area contributed by atoms with Crippen LogP contribution < -0.4 is 5.32 Å². The average Bonchev–Trinajstić information content (AvgIpc) is 3.03. The summed E-state index contributed by atoms with van der Waals surface area (Å²) in [6.07, 6.45) is 8.33. The number of piperidine rings is 1. The molecular formula is C18H25N5O. The zero-order chi connectivity index (χ0) is 16.9. The number of hydrogen-bond donors (Lipinski definition) is 1. The van der Waals surface area contributed by atoms with E-state index in [0.717, 1.165) is 38.0 Å². The van der Waals surface area contributed by atoms with Gasteiger partial charge in [0.15, 0.2) is 0 Å². The molecule has 2 amide bonds. The van der Waals surface area contributed by atoms with Crippen LogP contribution in [0.2, 0.25) is 0 Å². The van der Waals surface area contributed by atoms with Gasteiger partial charge in [-0.1, -0.05) is 6.07 Å². The van der Waals surface area contributed by atoms with E-state index in [0.29, 0.717) is 12.5 Å². The third-order valence-corrected chi connectivity index (χ3v) is 4.81. The number of aryl methyl sites for hydroxylation is 2. The number of likely N-dealkylation sites (tertiary alicyclic amines) is 1. The first-order chi connectivity index (χ1) is 11.6. The van der Waals surface area contributed by atoms with Crippen LogP contribution in [-0.2, 0) is 13.5 Å². The van der Waals surface area contributed by atoms with Gasteiger partial charge in [-0.25, -0.2) is 9.78 Å². The van der Waals surface area contributed by atoms with Gasteiger partial charge in [0.05, 0.1) is 6.33 Å². The van der Waals surface area contributed by atoms with Gasteiger partial charge in [0.1, 0.15) is 0 Å². The predicted octanol–water partition coefficient (Wildman–Crippen LogP) is 2.26. The second kappa shape index (κ2) is 7.47. The first-order valence-corrected chi connectivity index (χ1v) is 8.54. The minimum atomic E-state index is 0.0343. The fourth-order valence-corrected chi connectivity index (χ4v) is 3.32. The highest BCUT2D eigenvalue weighted by atomic mass is 16.2. The lowest BCUT2D eigenvalue weighted by Crippen LogP contribution is -2.44. The van der Waals surface area contributed by atoms with Gasteiger partial charge in [0.2, 0.25) is 0 Å². The molecule has 2 aromatic rings. The minimum absolute atomic E-state index is 0.0343. The Kier molecular flexibility index (Phi) is 5.13. The van der Waals surface area contributed by atoms with E-state index in [1.54, 1.807) is 6.20 Å². The molecule has 1 fully saturated rings. The lowest BCUT2D eigenvalue weighted by atomic mass is 9.94. The van der Waals surface area contributed by atoms with Gasteiger partial charge in [-0.05, 0) is 31.4 Å². The van der Waals surface area contributed by atoms with Crippen molar-refractivity contribution in [2.24, 2.45) is 7.05 Å². The van der Waals surface area contributed by atoms with Crippen LogP contribution >= 0.6 is 0 Å². The molecule has 0 aromatic carbocycles. The highest BCUT2D eigenvalue weighted by Gasteiger charge is 2.25. The van der Waals surface area contributed by atoms with Crippen LogP contribution in [0, 0.1) is 6.92 Å². The van der Waals surface area contributed by atoms with Crippen molar-refractivity contribution in [3.05, 3.63) is 47.8 Å². The fraction of sp³-hybridized carbons (Fsp3) is 0.500. The predicted molar refractivity (Wildman–Crippen MR) is 92.8 cm³/mol. The SMILES string of the molecule is Cc1cccnc1CCNC(=O)N1CCC(c2cncn2C)CC1. The number of carbonyl (C=O) groups is 1. The normalized spacial score (nSPS) is 15.5. The second-order valence-corrected chi connectivity index (χ2v) is 6.44. The number of rotatable bonds is 4. The lowest BCUT2D eigenvalue weighted by molar-refractivity contribution is 0.180. The Labute approximate surface area is 142 Å². The summed E-state index contributed by atoms with van der Waals surface area (Å²) >= 11 is 0. The van der Waals surface area contributed by atoms with Gasteiger partial charge in [-0.3, -0.25) is 4.98 Å². The van der Waals surface area contributed by atoms with E-state index in [4.69, 9.17) is 0 Å². The Morgan fingerprint density at radius 1 is 1.38 bits per heavy atom. The van der Waals surface area contributed by atoms with Crippen LogP contribution in [0.4, 0.5) is 4.79 Å². The van der Waals surface area contributed by atoms with Gasteiger partial charge >= 0.3 is 6.03 Å². The van der Waals surface area contributed by atoms with Gasteiger partial charge in [-0.15, -0.1) is 0 Å². The fourth-order valence-electron chi connectivity index (χ4n) is 3.32. The summed E-state index contributed by atoms with van der Waals surface area (Å²) in [6.45, 7) is 4.26. The number of pyridine rings is 1. The Bertz CT molecular complexity index is 688. The number of amides is 2. The van der Waals surface area contributed by atoms with Crippen LogP contribution in [0.5, 0.6) is 0 Å². The minimum Gasteiger partial charge on any atom is -0.338 e. The van der Waals surface area contributed by atoms with Crippen molar-refractivity contribution in [3.63, 3.8) is 0 Å². The van der Waals surface area contributed by atoms with E-state index >= 15 is 0 Å². The molecule has 24 heavy (non-hydrogen) atoms. The monoisotopic (exact) mass is 327 g/mol. The number of imidazole rings is 1. The molecule has 0 radical (unpaired) electrons. The lowest BCUT2D eigenvalue weighted by Gasteiger charge is -2.32. The van der Waals surface area contributed by atoms with E-state index in [2.05, 4.69) is 19.9 Å². The molecule has 128 valence electrons. The van der Waals surface area contributed by atoms with Gasteiger partial charge in [0.25, 0.3) is 0 Å². The third-order valence-electron chi connectivity index (χ3n) is 4.81. The summed E-state index contributed by atoms with van der Waals surface area (Å²) in [6, 6.07) is 4.02. The molecule has 0 spiro atoms. The highest BCUT2D eigenvalue weighted by molar-refractivity contribution is 5.74. The zero-order valence-electron chi connectivity index (χ0n) is 14.4. The Hall–Kier alpha value is -2.37. The molecule has 1 aliphatic heterocycles. The number of carbonyl (C=O) groups excluding carboxylic acids is 1. The topological polar surface area (TPSA) is 63.1 Å². The largest absolute Gasteiger partial charge is 0.338 e. The molecule has 2 aromatic heterocycles. The van der Waals surface area contributed by atoms with Gasteiger partial charge in [-0.2, -0.15) is 0 Å². The summed E-state index contributed by atoms with van der Waals surface area (Å²) < 4.78 is 2.08. The molecule has 0 atom stereocenters. The molecule has 1 saturated heterocycles. The molecule has 0 saturated carbocycles. The van der Waals surface area contributed by atoms with E-state index in [-0.39, 0.29) is 6.03 Å². The average molecular weight is 327 g/mol. The van der Waals surface area contributed by atoms with Gasteiger partial charge in [0, 0.05) is 62.8 Å². The van der Waals surface area contributed by atoms with Crippen LogP contribution in [0.15, 0.2) is 30.9 Å². The maximum atomic E-state index is 12.3. The number of urea groups is 1. The standard InChI is InChI=1S/C18H25N5O/c1-14-4-3-8-20-16(14)5-9-21-18(24)23-10-6-15(7-11-23)17-12-19-13-22(17)2/h3-4,8,12-13,15H,5-7,9-11H2,1-2H3,(H,21,24). The Balaban J connectivity index is 1.44. The molecular weight excluding hydrogens is 302 g/mol. The first-order valence-electron chi connectivity index (χ1n) is 8.54. The highest BCUT2D eigenvalue weighted by Crippen LogP contribution is 2.27. The zero-order valence-corrected chi connectivity index (χ0v) is 14.4. The summed E-state index contributed by atoms with van der Waals surface area (Å²) in [5, 5.41) is 3.02. The van der Waals surface area contributed by atoms with Gasteiger partial charge < -0.3 is 14.8 Å². The third kappa shape index (κ3) is 3.75. The van der Waals surface area contributed by atoms with E-state index in [1.807, 2.05) is 43.5 Å². The first kappa shape index (κ1) is 16.5. The van der Waals surface area contributed by atoms with Crippen LogP contribution in [-0.4, -0.2) is 45.1 Å². The summed E-state index contributed by atoms with van der Waals surface area (Å²) in [4.78, 5) is 22.8. The molecule has 6 nitrogen and oxygen atoms in total. The van der Waals surface area contributed by atoms with Crippen molar-refractivity contribution in [2.75, 3.05) is 19.6 Å². The van der Waals surface area contributed by atoms with Crippen LogP contribution in [0.3, 0.4) is 0 Å². The number of nitrogens with zero attached hydrogens (tertiary/aromatic N) is 4. The maximum absolute atomic E-state index is 12.3. The van der Waals surface area contributed by atoms with E-state index in [1.165, 1.54) is 11.3 Å². The number of aromatic nitrogens is 3. The van der Waals surface area contributed by atoms with Crippen molar-refractivity contribution in [3.8, 4) is 0 Å². The van der Waals surface area contributed by atoms with E-state index in [9.17, 15) is 4.79 Å². The summed E-state index contributed by atoms with van der Waals surface area (Å²) in [7, 11) is 2.03. The molecule has 1 N–H and O–H groups in total. The second-order valence-electron chi connectivity index (χ2n) is 6.44. The number of hydrogen-bond acceptors (Lipinski definition) is 3. The summed E-state index contributed by atoms with van der Waals surface area (Å²) in [5.41, 5.74) is 3.48. The molecule has 0 unspecified atom stereocenters. The maximum Gasteiger partial charge on any atom is 0.317 e. The Morgan fingerprint density at radius 2 is 2.17 bits per heavy atom. The summed E-state index contributed by atoms with van der Waals surface area (Å²) in [5.74, 6) is 0.498.